The molecule has 4 aromatic rings. The second kappa shape index (κ2) is 18.0. The lowest BCUT2D eigenvalue weighted by Crippen LogP contribution is -2.51. The molecule has 2 aromatic heterocycles. The van der Waals surface area contributed by atoms with Gasteiger partial charge in [0.05, 0.1) is 41.9 Å². The molecule has 8 unspecified atom stereocenters. The number of hydrogen-bond acceptors (Lipinski definition) is 6. The summed E-state index contributed by atoms with van der Waals surface area (Å²) in [6.45, 7) is 8.75. The highest BCUT2D eigenvalue weighted by molar-refractivity contribution is 5.93. The van der Waals surface area contributed by atoms with Gasteiger partial charge in [0.25, 0.3) is 0 Å². The van der Waals surface area contributed by atoms with Crippen LogP contribution < -0.4 is 10.6 Å². The molecule has 3 amide bonds. The Balaban J connectivity index is 1.40. The zero-order chi connectivity index (χ0) is 42.0. The molecule has 0 saturated carbocycles. The van der Waals surface area contributed by atoms with E-state index in [1.807, 2.05) is 13.8 Å². The van der Waals surface area contributed by atoms with Crippen LogP contribution in [-0.4, -0.2) is 104 Å². The van der Waals surface area contributed by atoms with Crippen LogP contribution in [0.4, 0.5) is 17.6 Å². The third-order valence-corrected chi connectivity index (χ3v) is 12.2. The average Bonchev–Trinajstić information content (AvgIpc) is 3.96. The van der Waals surface area contributed by atoms with Crippen LogP contribution >= 0.6 is 0 Å². The fourth-order valence-electron chi connectivity index (χ4n) is 8.44. The number of aromatic amines is 1. The number of benzene rings is 2. The molecule has 2 aliphatic rings. The number of carbonyl (C=O) groups excluding carboxylic acids is 4. The maximum Gasteiger partial charge on any atom is 0.245 e. The Bertz CT molecular complexity index is 2010. The number of aromatic nitrogens is 3. The van der Waals surface area contributed by atoms with Gasteiger partial charge in [-0.1, -0.05) is 27.7 Å². The lowest BCUT2D eigenvalue weighted by atomic mass is 9.94. The number of Topliss-reactive ketones (excluding diaryl/α,β-unsaturated/α-hetero) is 1. The van der Waals surface area contributed by atoms with Crippen molar-refractivity contribution in [1.29, 1.82) is 0 Å². The Labute approximate surface area is 336 Å². The highest BCUT2D eigenvalue weighted by atomic mass is 19.1. The van der Waals surface area contributed by atoms with Crippen LogP contribution in [0.15, 0.2) is 36.4 Å². The summed E-state index contributed by atoms with van der Waals surface area (Å²) in [7, 11) is 1.67. The fourth-order valence-corrected chi connectivity index (χ4v) is 8.44. The van der Waals surface area contributed by atoms with Crippen molar-refractivity contribution in [3.8, 4) is 11.5 Å². The SMILES string of the molecule is CCC(C)C(=O)NC(CC)C(=O)N1CC(F)CC1Cn1c(-c2[nH]c3cc(F)ccc3c2CC2CC(F)CN2C(=O)C(CC)CC(=O)C(C)NC)nc2cc(F)ccc21. The van der Waals surface area contributed by atoms with E-state index in [-0.39, 0.29) is 68.8 Å². The number of hydrogen-bond donors (Lipinski definition) is 3. The Morgan fingerprint density at radius 2 is 1.53 bits per heavy atom. The van der Waals surface area contributed by atoms with E-state index >= 15 is 8.78 Å². The number of ketones is 1. The number of carbonyl (C=O) groups is 4. The summed E-state index contributed by atoms with van der Waals surface area (Å²) in [4.78, 5) is 64.9. The number of likely N-dealkylation sites (tertiary alicyclic amines) is 2. The summed E-state index contributed by atoms with van der Waals surface area (Å²) in [5, 5.41) is 6.37. The summed E-state index contributed by atoms with van der Waals surface area (Å²) in [5.74, 6) is -2.76. The Morgan fingerprint density at radius 3 is 2.19 bits per heavy atom. The predicted molar refractivity (Wildman–Crippen MR) is 214 cm³/mol. The molecule has 0 spiro atoms. The first-order valence-electron chi connectivity index (χ1n) is 20.5. The van der Waals surface area contributed by atoms with Crippen LogP contribution in [0.2, 0.25) is 0 Å². The van der Waals surface area contributed by atoms with Gasteiger partial charge < -0.3 is 30.0 Å². The molecule has 2 fully saturated rings. The zero-order valence-corrected chi connectivity index (χ0v) is 34.1. The molecular formula is C43H55F4N7O4. The topological polar surface area (TPSA) is 132 Å². The average molecular weight is 810 g/mol. The molecule has 2 aliphatic heterocycles. The van der Waals surface area contributed by atoms with Crippen LogP contribution in [0.1, 0.15) is 78.7 Å². The molecular weight excluding hydrogens is 755 g/mol. The van der Waals surface area contributed by atoms with Gasteiger partial charge in [0, 0.05) is 60.7 Å². The quantitative estimate of drug-likeness (QED) is 0.112. The molecule has 11 nitrogen and oxygen atoms in total. The number of likely N-dealkylation sites (N-methyl/N-ethyl adjacent to an activating group) is 1. The van der Waals surface area contributed by atoms with Crippen LogP contribution in [0, 0.1) is 23.5 Å². The van der Waals surface area contributed by atoms with Crippen molar-refractivity contribution in [2.45, 2.75) is 123 Å². The Kier molecular flexibility index (Phi) is 13.3. The number of rotatable bonds is 16. The van der Waals surface area contributed by atoms with Crippen molar-refractivity contribution < 1.29 is 36.7 Å². The van der Waals surface area contributed by atoms with E-state index in [1.54, 1.807) is 44.5 Å². The number of H-pyrrole nitrogens is 1. The second-order valence-electron chi connectivity index (χ2n) is 16.1. The molecule has 2 aromatic carbocycles. The van der Waals surface area contributed by atoms with Gasteiger partial charge in [-0.3, -0.25) is 19.2 Å². The molecule has 2 saturated heterocycles. The normalized spacial score (nSPS) is 21.8. The van der Waals surface area contributed by atoms with Gasteiger partial charge in [-0.05, 0) is 75.5 Å². The van der Waals surface area contributed by atoms with E-state index in [4.69, 9.17) is 4.98 Å². The maximum atomic E-state index is 15.4. The van der Waals surface area contributed by atoms with Crippen molar-refractivity contribution in [1.82, 2.24) is 35.0 Å². The monoisotopic (exact) mass is 809 g/mol. The molecule has 0 radical (unpaired) electrons. The molecule has 4 heterocycles. The number of fused-ring (bicyclic) bond motifs is 2. The lowest BCUT2D eigenvalue weighted by molar-refractivity contribution is -0.139. The van der Waals surface area contributed by atoms with Crippen LogP contribution in [0.3, 0.4) is 0 Å². The van der Waals surface area contributed by atoms with Gasteiger partial charge >= 0.3 is 0 Å². The standard InChI is InChI=1S/C43H55F4N7O4/c1-7-23(4)41(56)51-34(9-3)43(58)53-21-29(47)16-31(53)22-54-37-13-11-27(45)18-36(37)50-40(54)39-33(32-12-10-26(44)17-35(32)49-39)19-30-15-28(46)20-52(30)42(57)25(8-2)14-38(55)24(5)48-6/h10-13,17-18,23-25,28-31,34,48-49H,7-9,14-16,19-22H2,1-6H3,(H,51,56). The van der Waals surface area contributed by atoms with E-state index in [0.717, 1.165) is 0 Å². The Morgan fingerprint density at radius 1 is 0.879 bits per heavy atom. The van der Waals surface area contributed by atoms with Gasteiger partial charge in [-0.15, -0.1) is 0 Å². The lowest BCUT2D eigenvalue weighted by Gasteiger charge is -2.30. The van der Waals surface area contributed by atoms with Crippen molar-refractivity contribution in [3.05, 3.63) is 53.6 Å². The van der Waals surface area contributed by atoms with E-state index in [1.165, 1.54) is 34.1 Å². The van der Waals surface area contributed by atoms with Crippen molar-refractivity contribution >= 4 is 45.4 Å². The van der Waals surface area contributed by atoms with E-state index in [2.05, 4.69) is 15.6 Å². The molecule has 15 heteroatoms. The summed E-state index contributed by atoms with van der Waals surface area (Å²) < 4.78 is 62.0. The number of halogens is 4. The first-order valence-corrected chi connectivity index (χ1v) is 20.5. The molecule has 0 bridgehead atoms. The first-order chi connectivity index (χ1) is 27.7. The van der Waals surface area contributed by atoms with Gasteiger partial charge in [0.15, 0.2) is 5.82 Å². The zero-order valence-electron chi connectivity index (χ0n) is 34.1. The highest BCUT2D eigenvalue weighted by Gasteiger charge is 2.41. The number of alkyl halides is 2. The molecule has 8 atom stereocenters. The number of imidazole rings is 1. The summed E-state index contributed by atoms with van der Waals surface area (Å²) in [6.07, 6.45) is -1.13. The van der Waals surface area contributed by atoms with Crippen molar-refractivity contribution in [2.24, 2.45) is 11.8 Å². The third-order valence-electron chi connectivity index (χ3n) is 12.2. The predicted octanol–water partition coefficient (Wildman–Crippen LogP) is 6.42. The largest absolute Gasteiger partial charge is 0.352 e. The molecule has 58 heavy (non-hydrogen) atoms. The van der Waals surface area contributed by atoms with Gasteiger partial charge in [0.2, 0.25) is 17.7 Å². The second-order valence-corrected chi connectivity index (χ2v) is 16.1. The van der Waals surface area contributed by atoms with Crippen LogP contribution in [0.5, 0.6) is 0 Å². The first kappa shape index (κ1) is 42.8. The van der Waals surface area contributed by atoms with Crippen LogP contribution in [-0.2, 0) is 32.1 Å². The van der Waals surface area contributed by atoms with E-state index in [9.17, 15) is 28.0 Å². The number of nitrogens with zero attached hydrogens (tertiary/aromatic N) is 4. The summed E-state index contributed by atoms with van der Waals surface area (Å²) in [6, 6.07) is 5.79. The molecule has 6 rings (SSSR count). The van der Waals surface area contributed by atoms with Crippen molar-refractivity contribution in [2.75, 3.05) is 20.1 Å². The van der Waals surface area contributed by atoms with Gasteiger partial charge in [-0.25, -0.2) is 22.5 Å². The molecule has 3 N–H and O–H groups in total. The van der Waals surface area contributed by atoms with Gasteiger partial charge in [0.1, 0.15) is 35.8 Å². The summed E-state index contributed by atoms with van der Waals surface area (Å²) >= 11 is 0. The van der Waals surface area contributed by atoms with Crippen molar-refractivity contribution in [3.63, 3.8) is 0 Å². The highest BCUT2D eigenvalue weighted by Crippen LogP contribution is 2.38. The minimum atomic E-state index is -1.33. The smallest absolute Gasteiger partial charge is 0.245 e. The Hall–Kier alpha value is -4.79. The third kappa shape index (κ3) is 8.79. The summed E-state index contributed by atoms with van der Waals surface area (Å²) in [5.41, 5.74) is 2.27. The minimum absolute atomic E-state index is 0.0117. The van der Waals surface area contributed by atoms with Gasteiger partial charge in [-0.2, -0.15) is 0 Å². The maximum absolute atomic E-state index is 15.4. The minimum Gasteiger partial charge on any atom is -0.352 e. The molecule has 0 aliphatic carbocycles. The number of amides is 3. The van der Waals surface area contributed by atoms with E-state index < -0.39 is 60.0 Å². The number of nitrogens with one attached hydrogen (secondary N) is 3. The van der Waals surface area contributed by atoms with E-state index in [0.29, 0.717) is 58.3 Å². The van der Waals surface area contributed by atoms with Crippen LogP contribution in [0.25, 0.3) is 33.5 Å². The fraction of sp³-hybridized carbons (Fsp3) is 0.558. The molecule has 314 valence electrons.